The summed E-state index contributed by atoms with van der Waals surface area (Å²) >= 11 is 0. The molecule has 5 rings (SSSR count). The highest BCUT2D eigenvalue weighted by atomic mass is 19.4. The van der Waals surface area contributed by atoms with Crippen molar-refractivity contribution in [1.29, 1.82) is 0 Å². The summed E-state index contributed by atoms with van der Waals surface area (Å²) in [6.07, 6.45) is -0.351. The number of aliphatic hydroxyl groups is 2. The van der Waals surface area contributed by atoms with Gasteiger partial charge < -0.3 is 20.3 Å². The minimum Gasteiger partial charge on any atom is -0.494 e. The first-order valence-corrected chi connectivity index (χ1v) is 13.8. The van der Waals surface area contributed by atoms with E-state index in [2.05, 4.69) is 9.97 Å². The molecule has 13 heteroatoms. The number of halogens is 6. The topological polar surface area (TPSA) is 105 Å². The van der Waals surface area contributed by atoms with Gasteiger partial charge in [-0.15, -0.1) is 0 Å². The molecule has 0 bridgehead atoms. The average molecular weight is 622 g/mol. The summed E-state index contributed by atoms with van der Waals surface area (Å²) in [5.41, 5.74) is -9.01. The number of pyridine rings is 2. The molecule has 3 aromatic rings. The zero-order valence-electron chi connectivity index (χ0n) is 24.0. The largest absolute Gasteiger partial charge is 0.494 e. The summed E-state index contributed by atoms with van der Waals surface area (Å²) in [7, 11) is 1.34. The van der Waals surface area contributed by atoms with Crippen LogP contribution in [0, 0.1) is 11.6 Å². The monoisotopic (exact) mass is 621 g/mol. The van der Waals surface area contributed by atoms with E-state index in [1.54, 1.807) is 6.20 Å². The van der Waals surface area contributed by atoms with Gasteiger partial charge in [0.2, 0.25) is 5.60 Å². The molecule has 3 N–H and O–H groups in total. The Labute approximate surface area is 248 Å². The predicted molar refractivity (Wildman–Crippen MR) is 148 cm³/mol. The first-order valence-electron chi connectivity index (χ1n) is 13.8. The van der Waals surface area contributed by atoms with E-state index in [1.165, 1.54) is 19.2 Å². The first-order chi connectivity index (χ1) is 20.5. The van der Waals surface area contributed by atoms with Crippen LogP contribution in [-0.4, -0.2) is 45.9 Å². The van der Waals surface area contributed by atoms with Crippen LogP contribution in [0.3, 0.4) is 0 Å². The molecule has 1 saturated carbocycles. The Bertz CT molecular complexity index is 1710. The molecule has 1 atom stereocenters. The molecule has 44 heavy (non-hydrogen) atoms. The lowest BCUT2D eigenvalue weighted by atomic mass is 9.88. The van der Waals surface area contributed by atoms with E-state index in [-0.39, 0.29) is 29.7 Å². The third-order valence-corrected chi connectivity index (χ3v) is 7.76. The van der Waals surface area contributed by atoms with Crippen molar-refractivity contribution in [2.24, 2.45) is 0 Å². The molecule has 0 unspecified atom stereocenters. The van der Waals surface area contributed by atoms with E-state index in [4.69, 9.17) is 4.74 Å². The molecule has 0 aliphatic heterocycles. The minimum atomic E-state index is -5.64. The fraction of sp³-hybridized carbons (Fsp3) is 0.387. The van der Waals surface area contributed by atoms with Gasteiger partial charge in [-0.1, -0.05) is 6.08 Å². The molecule has 1 amide bonds. The van der Waals surface area contributed by atoms with Crippen LogP contribution in [0.15, 0.2) is 42.4 Å². The Morgan fingerprint density at radius 1 is 1.05 bits per heavy atom. The van der Waals surface area contributed by atoms with Crippen molar-refractivity contribution in [3.8, 4) is 5.75 Å². The number of hydrogen-bond acceptors (Lipinski definition) is 6. The molecule has 0 spiro atoms. The second kappa shape index (κ2) is 11.2. The molecule has 2 aliphatic carbocycles. The van der Waals surface area contributed by atoms with Gasteiger partial charge in [0.05, 0.1) is 24.8 Å². The van der Waals surface area contributed by atoms with Crippen molar-refractivity contribution < 1.29 is 46.1 Å². The molecule has 0 saturated heterocycles. The van der Waals surface area contributed by atoms with E-state index < -0.39 is 64.2 Å². The van der Waals surface area contributed by atoms with Gasteiger partial charge in [0.1, 0.15) is 28.5 Å². The number of amides is 1. The quantitative estimate of drug-likeness (QED) is 0.258. The van der Waals surface area contributed by atoms with E-state index >= 15 is 8.78 Å². The predicted octanol–water partition coefficient (Wildman–Crippen LogP) is 6.23. The number of carbonyl (C=O) groups excluding carboxylic acids is 1. The Balaban J connectivity index is 1.56. The number of ether oxygens (including phenoxy) is 1. The SMILES string of the molecule is COc1cc(C(=O)NC[C@](O)(c2nc(C3=CC=C(F)CC3)c(F)c(C(C)(C)O)c2F)C(F)(F)F)cc2cc(C3CC3)cnc12. The van der Waals surface area contributed by atoms with Crippen molar-refractivity contribution >= 4 is 22.4 Å². The van der Waals surface area contributed by atoms with Crippen molar-refractivity contribution in [2.45, 2.75) is 62.8 Å². The van der Waals surface area contributed by atoms with Gasteiger partial charge >= 0.3 is 6.18 Å². The summed E-state index contributed by atoms with van der Waals surface area (Å²) in [4.78, 5) is 21.1. The van der Waals surface area contributed by atoms with Crippen LogP contribution in [0.2, 0.25) is 0 Å². The highest BCUT2D eigenvalue weighted by Crippen LogP contribution is 2.44. The number of allylic oxidation sites excluding steroid dienone is 4. The summed E-state index contributed by atoms with van der Waals surface area (Å²) in [5, 5.41) is 24.1. The average Bonchev–Trinajstić information content (AvgIpc) is 3.80. The van der Waals surface area contributed by atoms with Crippen LogP contribution in [0.4, 0.5) is 26.3 Å². The number of aromatic nitrogens is 2. The van der Waals surface area contributed by atoms with Gasteiger partial charge in [-0.05, 0) is 74.4 Å². The van der Waals surface area contributed by atoms with Crippen molar-refractivity contribution in [3.63, 3.8) is 0 Å². The lowest BCUT2D eigenvalue weighted by Crippen LogP contribution is -2.52. The fourth-order valence-corrected chi connectivity index (χ4v) is 5.16. The maximum atomic E-state index is 15.7. The third-order valence-electron chi connectivity index (χ3n) is 7.76. The number of hydrogen-bond donors (Lipinski definition) is 3. The second-order valence-electron chi connectivity index (χ2n) is 11.5. The molecule has 234 valence electrons. The highest BCUT2D eigenvalue weighted by Gasteiger charge is 2.58. The number of rotatable bonds is 8. The van der Waals surface area contributed by atoms with Gasteiger partial charge in [0, 0.05) is 23.6 Å². The minimum absolute atomic E-state index is 0.0772. The number of carbonyl (C=O) groups is 1. The maximum absolute atomic E-state index is 15.7. The zero-order chi connectivity index (χ0) is 32.2. The Kier molecular flexibility index (Phi) is 8.00. The molecule has 2 aliphatic rings. The molecular weight excluding hydrogens is 592 g/mol. The molecule has 0 radical (unpaired) electrons. The van der Waals surface area contributed by atoms with E-state index in [0.717, 1.165) is 44.4 Å². The van der Waals surface area contributed by atoms with Gasteiger partial charge in [0.15, 0.2) is 11.6 Å². The van der Waals surface area contributed by atoms with Crippen LogP contribution in [0.25, 0.3) is 16.5 Å². The lowest BCUT2D eigenvalue weighted by Gasteiger charge is -2.33. The number of nitrogens with zero attached hydrogens (tertiary/aromatic N) is 2. The standard InChI is InChI=1S/C31H29F6N3O4/c1-29(2,42)22-23(33)26(16-6-8-20(32)9-7-16)40-27(24(22)34)30(43,31(35,36)37)14-39-28(41)18-10-17-11-19(15-4-5-15)13-38-25(17)21(12-18)44-3/h6,8,10-13,15,42-43H,4-5,7,9,14H2,1-3H3,(H,39,41)/t30-/m0/s1. The Morgan fingerprint density at radius 3 is 2.32 bits per heavy atom. The molecule has 1 aromatic carbocycles. The molecule has 2 heterocycles. The third kappa shape index (κ3) is 5.77. The van der Waals surface area contributed by atoms with Crippen LogP contribution in [0.5, 0.6) is 5.75 Å². The van der Waals surface area contributed by atoms with Crippen LogP contribution in [-0.2, 0) is 11.2 Å². The summed E-state index contributed by atoms with van der Waals surface area (Å²) in [5.74, 6) is -4.54. The summed E-state index contributed by atoms with van der Waals surface area (Å²) < 4.78 is 93.9. The van der Waals surface area contributed by atoms with Gasteiger partial charge in [0.25, 0.3) is 5.91 Å². The fourth-order valence-electron chi connectivity index (χ4n) is 5.16. The highest BCUT2D eigenvalue weighted by molar-refractivity contribution is 6.00. The zero-order valence-corrected chi connectivity index (χ0v) is 24.0. The van der Waals surface area contributed by atoms with Crippen molar-refractivity contribution in [2.75, 3.05) is 13.7 Å². The van der Waals surface area contributed by atoms with Crippen LogP contribution < -0.4 is 10.1 Å². The van der Waals surface area contributed by atoms with E-state index in [9.17, 15) is 32.6 Å². The Hall–Kier alpha value is -3.97. The maximum Gasteiger partial charge on any atom is 0.424 e. The van der Waals surface area contributed by atoms with Crippen molar-refractivity contribution in [3.05, 3.63) is 82.1 Å². The van der Waals surface area contributed by atoms with Gasteiger partial charge in [-0.3, -0.25) is 9.78 Å². The molecule has 1 fully saturated rings. The smallest absolute Gasteiger partial charge is 0.424 e. The summed E-state index contributed by atoms with van der Waals surface area (Å²) in [6, 6.07) is 4.48. The number of alkyl halides is 3. The summed E-state index contributed by atoms with van der Waals surface area (Å²) in [6.45, 7) is 0.272. The lowest BCUT2D eigenvalue weighted by molar-refractivity contribution is -0.266. The number of benzene rings is 1. The van der Waals surface area contributed by atoms with Crippen LogP contribution >= 0.6 is 0 Å². The molecule has 7 nitrogen and oxygen atoms in total. The Morgan fingerprint density at radius 2 is 1.75 bits per heavy atom. The molecule has 2 aromatic heterocycles. The number of fused-ring (bicyclic) bond motifs is 1. The van der Waals surface area contributed by atoms with Gasteiger partial charge in [-0.2, -0.15) is 13.2 Å². The normalized spacial score (nSPS) is 17.2. The van der Waals surface area contributed by atoms with Gasteiger partial charge in [-0.25, -0.2) is 18.2 Å². The van der Waals surface area contributed by atoms with Crippen LogP contribution in [0.1, 0.15) is 78.3 Å². The molecular formula is C31H29F6N3O4. The van der Waals surface area contributed by atoms with Crippen molar-refractivity contribution in [1.82, 2.24) is 15.3 Å². The van der Waals surface area contributed by atoms with E-state index in [1.807, 2.05) is 11.4 Å². The second-order valence-corrected chi connectivity index (χ2v) is 11.5. The first kappa shape index (κ1) is 31.5. The number of nitrogens with one attached hydrogen (secondary N) is 1. The van der Waals surface area contributed by atoms with E-state index in [0.29, 0.717) is 16.8 Å². The number of methoxy groups -OCH3 is 1.